The first kappa shape index (κ1) is 44.8. The standard InChI is InChI=1S/C41H84O4/c1-5-7-9-11-13-15-17-19-21-23-25-27-29-31-33-35-37-39(3,4)40(42,41(43,44)45)38-36-34-32-30-28-26-24-22-20-18-16-14-12-10-8-6-2/h42-45H,5-38H2,1-4H3. The van der Waals surface area contributed by atoms with Crippen molar-refractivity contribution in [3.05, 3.63) is 0 Å². The Bertz CT molecular complexity index is 599. The molecule has 4 nitrogen and oxygen atoms in total. The zero-order chi connectivity index (χ0) is 33.5. The molecule has 272 valence electrons. The Morgan fingerprint density at radius 1 is 0.289 bits per heavy atom. The molecular formula is C41H84O4. The topological polar surface area (TPSA) is 80.9 Å². The van der Waals surface area contributed by atoms with Gasteiger partial charge in [-0.2, -0.15) is 0 Å². The third-order valence-corrected chi connectivity index (χ3v) is 10.7. The molecular weight excluding hydrogens is 556 g/mol. The summed E-state index contributed by atoms with van der Waals surface area (Å²) in [6.45, 7) is 8.31. The van der Waals surface area contributed by atoms with Crippen LogP contribution in [0.1, 0.15) is 246 Å². The van der Waals surface area contributed by atoms with Gasteiger partial charge in [-0.3, -0.25) is 0 Å². The van der Waals surface area contributed by atoms with Gasteiger partial charge in [0, 0.05) is 5.41 Å². The number of aliphatic hydroxyl groups is 4. The van der Waals surface area contributed by atoms with Gasteiger partial charge in [-0.25, -0.2) is 0 Å². The van der Waals surface area contributed by atoms with Crippen LogP contribution in [0.25, 0.3) is 0 Å². The molecule has 0 rings (SSSR count). The predicted molar refractivity (Wildman–Crippen MR) is 196 cm³/mol. The molecule has 0 aliphatic rings. The van der Waals surface area contributed by atoms with Gasteiger partial charge in [-0.15, -0.1) is 0 Å². The van der Waals surface area contributed by atoms with Crippen molar-refractivity contribution >= 4 is 0 Å². The van der Waals surface area contributed by atoms with E-state index in [1.165, 1.54) is 173 Å². The van der Waals surface area contributed by atoms with Crippen molar-refractivity contribution in [3.8, 4) is 0 Å². The van der Waals surface area contributed by atoms with Gasteiger partial charge in [0.15, 0.2) is 5.60 Å². The molecule has 0 aliphatic heterocycles. The highest BCUT2D eigenvalue weighted by Crippen LogP contribution is 2.44. The summed E-state index contributed by atoms with van der Waals surface area (Å²) in [6, 6.07) is 0. The molecule has 1 atom stereocenters. The van der Waals surface area contributed by atoms with Crippen LogP contribution in [0.2, 0.25) is 0 Å². The van der Waals surface area contributed by atoms with E-state index in [2.05, 4.69) is 13.8 Å². The van der Waals surface area contributed by atoms with Crippen molar-refractivity contribution in [2.45, 2.75) is 258 Å². The average molecular weight is 641 g/mol. The molecule has 0 fully saturated rings. The normalized spacial score (nSPS) is 13.9. The van der Waals surface area contributed by atoms with E-state index in [1.807, 2.05) is 13.8 Å². The summed E-state index contributed by atoms with van der Waals surface area (Å²) in [4.78, 5) is 0. The summed E-state index contributed by atoms with van der Waals surface area (Å²) >= 11 is 0. The summed E-state index contributed by atoms with van der Waals surface area (Å²) in [5.74, 6) is -3.08. The summed E-state index contributed by atoms with van der Waals surface area (Å²) in [5.41, 5.74) is -2.71. The maximum Gasteiger partial charge on any atom is 0.306 e. The van der Waals surface area contributed by atoms with Crippen LogP contribution in [-0.2, 0) is 0 Å². The smallest absolute Gasteiger partial charge is 0.306 e. The highest BCUT2D eigenvalue weighted by Gasteiger charge is 2.56. The SMILES string of the molecule is CCCCCCCCCCCCCCCCCCC(C)(C)C(O)(CCCCCCCCCCCCCCCCCC)C(O)(O)O. The van der Waals surface area contributed by atoms with E-state index < -0.39 is 17.0 Å². The Labute approximate surface area is 283 Å². The summed E-state index contributed by atoms with van der Waals surface area (Å²) in [7, 11) is 0. The minimum Gasteiger partial charge on any atom is -0.381 e. The monoisotopic (exact) mass is 641 g/mol. The van der Waals surface area contributed by atoms with E-state index in [-0.39, 0.29) is 6.42 Å². The Balaban J connectivity index is 3.90. The highest BCUT2D eigenvalue weighted by molar-refractivity contribution is 4.98. The first-order chi connectivity index (χ1) is 21.6. The second kappa shape index (κ2) is 29.9. The predicted octanol–water partition coefficient (Wildman–Crippen LogP) is 12.7. The lowest BCUT2D eigenvalue weighted by molar-refractivity contribution is -0.414. The third-order valence-electron chi connectivity index (χ3n) is 10.7. The minimum atomic E-state index is -3.08. The Morgan fingerprint density at radius 3 is 0.711 bits per heavy atom. The van der Waals surface area contributed by atoms with Crippen molar-refractivity contribution < 1.29 is 20.4 Å². The molecule has 0 saturated carbocycles. The van der Waals surface area contributed by atoms with Crippen LogP contribution in [0.3, 0.4) is 0 Å². The van der Waals surface area contributed by atoms with Crippen LogP contribution in [0, 0.1) is 5.41 Å². The Hall–Kier alpha value is -0.160. The van der Waals surface area contributed by atoms with Crippen LogP contribution in [-0.4, -0.2) is 32.0 Å². The van der Waals surface area contributed by atoms with Crippen molar-refractivity contribution in [1.82, 2.24) is 0 Å². The van der Waals surface area contributed by atoms with Crippen LogP contribution >= 0.6 is 0 Å². The summed E-state index contributed by atoms with van der Waals surface area (Å²) in [6.07, 6.45) is 42.3. The molecule has 0 heterocycles. The lowest BCUT2D eigenvalue weighted by Crippen LogP contribution is -2.62. The molecule has 0 radical (unpaired) electrons. The molecule has 4 N–H and O–H groups in total. The van der Waals surface area contributed by atoms with Gasteiger partial charge in [0.1, 0.15) is 0 Å². The van der Waals surface area contributed by atoms with E-state index in [4.69, 9.17) is 0 Å². The molecule has 0 amide bonds. The maximum absolute atomic E-state index is 11.4. The van der Waals surface area contributed by atoms with Crippen molar-refractivity contribution in [2.24, 2.45) is 5.41 Å². The van der Waals surface area contributed by atoms with Crippen molar-refractivity contribution in [1.29, 1.82) is 0 Å². The molecule has 0 aliphatic carbocycles. The number of rotatable bonds is 36. The largest absolute Gasteiger partial charge is 0.381 e. The minimum absolute atomic E-state index is 0.209. The Kier molecular flexibility index (Phi) is 29.8. The molecule has 0 aromatic rings. The quantitative estimate of drug-likeness (QED) is 0.0406. The zero-order valence-electron chi connectivity index (χ0n) is 31.3. The molecule has 0 aromatic heterocycles. The third kappa shape index (κ3) is 24.6. The van der Waals surface area contributed by atoms with E-state index in [0.29, 0.717) is 12.8 Å². The lowest BCUT2D eigenvalue weighted by atomic mass is 9.67. The van der Waals surface area contributed by atoms with Crippen LogP contribution in [0.15, 0.2) is 0 Å². The fraction of sp³-hybridized carbons (Fsp3) is 1.00. The first-order valence-corrected chi connectivity index (χ1v) is 20.5. The van der Waals surface area contributed by atoms with Crippen LogP contribution in [0.4, 0.5) is 0 Å². The van der Waals surface area contributed by atoms with Gasteiger partial charge in [-0.1, -0.05) is 233 Å². The van der Waals surface area contributed by atoms with Gasteiger partial charge >= 0.3 is 5.97 Å². The maximum atomic E-state index is 11.4. The molecule has 0 saturated heterocycles. The van der Waals surface area contributed by atoms with Gasteiger partial charge in [0.05, 0.1) is 0 Å². The second-order valence-corrected chi connectivity index (χ2v) is 15.5. The first-order valence-electron chi connectivity index (χ1n) is 20.5. The van der Waals surface area contributed by atoms with E-state index in [0.717, 1.165) is 25.7 Å². The number of hydrogen-bond acceptors (Lipinski definition) is 4. The Morgan fingerprint density at radius 2 is 0.489 bits per heavy atom. The van der Waals surface area contributed by atoms with Crippen molar-refractivity contribution in [2.75, 3.05) is 0 Å². The van der Waals surface area contributed by atoms with Gasteiger partial charge in [-0.05, 0) is 12.8 Å². The van der Waals surface area contributed by atoms with Crippen molar-refractivity contribution in [3.63, 3.8) is 0 Å². The van der Waals surface area contributed by atoms with Crippen LogP contribution in [0.5, 0.6) is 0 Å². The van der Waals surface area contributed by atoms with Gasteiger partial charge in [0.25, 0.3) is 0 Å². The summed E-state index contributed by atoms with van der Waals surface area (Å²) < 4.78 is 0. The summed E-state index contributed by atoms with van der Waals surface area (Å²) in [5, 5.41) is 41.9. The van der Waals surface area contributed by atoms with Gasteiger partial charge in [0.2, 0.25) is 0 Å². The van der Waals surface area contributed by atoms with E-state index in [9.17, 15) is 20.4 Å². The van der Waals surface area contributed by atoms with E-state index in [1.54, 1.807) is 0 Å². The van der Waals surface area contributed by atoms with Crippen LogP contribution < -0.4 is 0 Å². The molecule has 0 bridgehead atoms. The molecule has 45 heavy (non-hydrogen) atoms. The average Bonchev–Trinajstić information content (AvgIpc) is 2.99. The van der Waals surface area contributed by atoms with E-state index >= 15 is 0 Å². The molecule has 4 heteroatoms. The van der Waals surface area contributed by atoms with Gasteiger partial charge < -0.3 is 20.4 Å². The fourth-order valence-corrected chi connectivity index (χ4v) is 7.21. The second-order valence-electron chi connectivity index (χ2n) is 15.5. The number of hydrogen-bond donors (Lipinski definition) is 4. The molecule has 0 aromatic carbocycles. The molecule has 1 unspecified atom stereocenters. The lowest BCUT2D eigenvalue weighted by Gasteiger charge is -2.47. The highest BCUT2D eigenvalue weighted by atomic mass is 16.7. The zero-order valence-corrected chi connectivity index (χ0v) is 31.3. The fourth-order valence-electron chi connectivity index (χ4n) is 7.21. The molecule has 0 spiro atoms. The number of unbranched alkanes of at least 4 members (excludes halogenated alkanes) is 30.